The third-order valence-electron chi connectivity index (χ3n) is 3.45. The van der Waals surface area contributed by atoms with Crippen LogP contribution < -0.4 is 10.1 Å². The number of amides is 1. The lowest BCUT2D eigenvalue weighted by molar-refractivity contribution is -0.386. The Morgan fingerprint density at radius 2 is 2.11 bits per heavy atom. The molecule has 3 rings (SSSR count). The van der Waals surface area contributed by atoms with Crippen LogP contribution in [-0.2, 0) is 6.73 Å². The molecule has 0 radical (unpaired) electrons. The second-order valence-electron chi connectivity index (χ2n) is 5.39. The van der Waals surface area contributed by atoms with E-state index in [1.165, 1.54) is 29.1 Å². The van der Waals surface area contributed by atoms with E-state index >= 15 is 0 Å². The summed E-state index contributed by atoms with van der Waals surface area (Å²) in [4.78, 5) is 22.4. The normalized spacial score (nSPS) is 10.4. The van der Waals surface area contributed by atoms with E-state index in [0.29, 0.717) is 5.69 Å². The molecule has 138 valence electrons. The summed E-state index contributed by atoms with van der Waals surface area (Å²) in [5, 5.41) is 26.9. The molecule has 0 aliphatic heterocycles. The number of phenolic OH excluding ortho intramolecular Hbond substituents is 1. The Balaban J connectivity index is 1.67. The zero-order chi connectivity index (χ0) is 19.4. The standard InChI is InChI=1S/C17H13FN4O5/c18-11-4-5-15(22(25)26)16(8-11)27-10-21-7-6-14(20-21)17(24)19-12-2-1-3-13(23)9-12/h1-9,23H,10H2,(H,19,24). The van der Waals surface area contributed by atoms with E-state index in [0.717, 1.165) is 18.2 Å². The highest BCUT2D eigenvalue weighted by Gasteiger charge is 2.16. The van der Waals surface area contributed by atoms with Crippen molar-refractivity contribution in [2.45, 2.75) is 6.73 Å². The molecule has 0 unspecified atom stereocenters. The summed E-state index contributed by atoms with van der Waals surface area (Å²) >= 11 is 0. The van der Waals surface area contributed by atoms with Crippen molar-refractivity contribution in [1.29, 1.82) is 0 Å². The molecule has 27 heavy (non-hydrogen) atoms. The highest BCUT2D eigenvalue weighted by molar-refractivity contribution is 6.02. The van der Waals surface area contributed by atoms with Crippen LogP contribution in [0.4, 0.5) is 15.8 Å². The highest BCUT2D eigenvalue weighted by Crippen LogP contribution is 2.27. The molecule has 1 aromatic heterocycles. The number of nitrogens with one attached hydrogen (secondary N) is 1. The average molecular weight is 372 g/mol. The van der Waals surface area contributed by atoms with Gasteiger partial charge in [-0.3, -0.25) is 14.9 Å². The van der Waals surface area contributed by atoms with Crippen molar-refractivity contribution >= 4 is 17.3 Å². The summed E-state index contributed by atoms with van der Waals surface area (Å²) in [5.41, 5.74) is 0.0716. The van der Waals surface area contributed by atoms with Gasteiger partial charge in [0.15, 0.2) is 12.4 Å². The number of carbonyl (C=O) groups excluding carboxylic acids is 1. The number of ether oxygens (including phenoxy) is 1. The van der Waals surface area contributed by atoms with Gasteiger partial charge in [-0.15, -0.1) is 0 Å². The van der Waals surface area contributed by atoms with Crippen LogP contribution in [0.25, 0.3) is 0 Å². The summed E-state index contributed by atoms with van der Waals surface area (Å²) in [6.45, 7) is -0.260. The zero-order valence-electron chi connectivity index (χ0n) is 13.7. The molecule has 0 saturated carbocycles. The van der Waals surface area contributed by atoms with Crippen LogP contribution in [0.3, 0.4) is 0 Å². The van der Waals surface area contributed by atoms with Gasteiger partial charge in [0, 0.05) is 30.1 Å². The Morgan fingerprint density at radius 3 is 2.85 bits per heavy atom. The van der Waals surface area contributed by atoms with Crippen molar-refractivity contribution in [2.24, 2.45) is 0 Å². The molecule has 2 N–H and O–H groups in total. The van der Waals surface area contributed by atoms with Crippen molar-refractivity contribution < 1.29 is 24.0 Å². The van der Waals surface area contributed by atoms with E-state index in [1.807, 2.05) is 0 Å². The van der Waals surface area contributed by atoms with Crippen LogP contribution in [0.5, 0.6) is 11.5 Å². The Kier molecular flexibility index (Phi) is 4.97. The monoisotopic (exact) mass is 372 g/mol. The average Bonchev–Trinajstić information content (AvgIpc) is 3.09. The zero-order valence-corrected chi connectivity index (χ0v) is 13.7. The lowest BCUT2D eigenvalue weighted by Gasteiger charge is -2.07. The summed E-state index contributed by atoms with van der Waals surface area (Å²) in [5.74, 6) is -1.44. The molecule has 0 atom stereocenters. The van der Waals surface area contributed by atoms with Crippen LogP contribution in [0.1, 0.15) is 10.5 Å². The first-order valence-electron chi connectivity index (χ1n) is 7.63. The van der Waals surface area contributed by atoms with Gasteiger partial charge < -0.3 is 15.2 Å². The molecule has 0 bridgehead atoms. The number of phenols is 1. The van der Waals surface area contributed by atoms with E-state index < -0.39 is 16.6 Å². The smallest absolute Gasteiger partial charge is 0.311 e. The molecule has 0 saturated heterocycles. The van der Waals surface area contributed by atoms with Gasteiger partial charge in [-0.25, -0.2) is 9.07 Å². The molecule has 1 heterocycles. The molecule has 1 amide bonds. The fourth-order valence-corrected chi connectivity index (χ4v) is 2.22. The van der Waals surface area contributed by atoms with Crippen molar-refractivity contribution in [3.05, 3.63) is 76.4 Å². The molecule has 0 aliphatic carbocycles. The van der Waals surface area contributed by atoms with E-state index in [-0.39, 0.29) is 29.6 Å². The van der Waals surface area contributed by atoms with Crippen LogP contribution in [-0.4, -0.2) is 25.7 Å². The maximum atomic E-state index is 13.3. The van der Waals surface area contributed by atoms with Crippen molar-refractivity contribution in [3.63, 3.8) is 0 Å². The summed E-state index contributed by atoms with van der Waals surface area (Å²) in [7, 11) is 0. The van der Waals surface area contributed by atoms with Crippen molar-refractivity contribution in [2.75, 3.05) is 5.32 Å². The molecule has 2 aromatic carbocycles. The number of halogens is 1. The number of aromatic hydroxyl groups is 1. The van der Waals surface area contributed by atoms with E-state index in [9.17, 15) is 24.4 Å². The van der Waals surface area contributed by atoms with Crippen molar-refractivity contribution in [3.8, 4) is 11.5 Å². The number of benzene rings is 2. The van der Waals surface area contributed by atoms with Crippen LogP contribution in [0.2, 0.25) is 0 Å². The quantitative estimate of drug-likeness (QED) is 0.507. The molecule has 0 aliphatic rings. The Hall–Kier alpha value is -3.95. The molecule has 3 aromatic rings. The van der Waals surface area contributed by atoms with Gasteiger partial charge in [0.2, 0.25) is 5.75 Å². The number of hydrogen-bond acceptors (Lipinski definition) is 6. The first-order valence-corrected chi connectivity index (χ1v) is 7.63. The number of hydrogen-bond donors (Lipinski definition) is 2. The third kappa shape index (κ3) is 4.37. The first kappa shape index (κ1) is 17.9. The Morgan fingerprint density at radius 1 is 1.30 bits per heavy atom. The summed E-state index contributed by atoms with van der Waals surface area (Å²) in [6, 6.07) is 10.3. The van der Waals surface area contributed by atoms with Gasteiger partial charge in [-0.2, -0.15) is 5.10 Å². The molecule has 0 fully saturated rings. The fourth-order valence-electron chi connectivity index (χ4n) is 2.22. The first-order chi connectivity index (χ1) is 12.9. The number of nitro groups is 1. The van der Waals surface area contributed by atoms with E-state index in [2.05, 4.69) is 10.4 Å². The Bertz CT molecular complexity index is 1000. The summed E-state index contributed by atoms with van der Waals surface area (Å²) < 4.78 is 19.8. The minimum atomic E-state index is -0.688. The highest BCUT2D eigenvalue weighted by atomic mass is 19.1. The minimum absolute atomic E-state index is 0.00316. The molecule has 0 spiro atoms. The second kappa shape index (κ2) is 7.52. The number of nitrogens with zero attached hydrogens (tertiary/aromatic N) is 3. The van der Waals surface area contributed by atoms with Gasteiger partial charge >= 0.3 is 5.69 Å². The lowest BCUT2D eigenvalue weighted by Crippen LogP contribution is -2.14. The molecular formula is C17H13FN4O5. The van der Waals surface area contributed by atoms with E-state index in [4.69, 9.17) is 4.74 Å². The maximum Gasteiger partial charge on any atom is 0.311 e. The van der Waals surface area contributed by atoms with Crippen molar-refractivity contribution in [1.82, 2.24) is 9.78 Å². The van der Waals surface area contributed by atoms with E-state index in [1.54, 1.807) is 12.1 Å². The number of carbonyl (C=O) groups is 1. The topological polar surface area (TPSA) is 120 Å². The SMILES string of the molecule is O=C(Nc1cccc(O)c1)c1ccn(COc2cc(F)ccc2[N+](=O)[O-])n1. The van der Waals surface area contributed by atoms with Gasteiger partial charge in [0.25, 0.3) is 5.91 Å². The largest absolute Gasteiger partial charge is 0.508 e. The van der Waals surface area contributed by atoms with Gasteiger partial charge in [-0.05, 0) is 24.3 Å². The lowest BCUT2D eigenvalue weighted by atomic mass is 10.3. The van der Waals surface area contributed by atoms with Crippen LogP contribution >= 0.6 is 0 Å². The Labute approximate surface area is 151 Å². The van der Waals surface area contributed by atoms with Crippen LogP contribution in [0, 0.1) is 15.9 Å². The van der Waals surface area contributed by atoms with Gasteiger partial charge in [0.1, 0.15) is 11.6 Å². The second-order valence-corrected chi connectivity index (χ2v) is 5.39. The number of nitro benzene ring substituents is 1. The van der Waals surface area contributed by atoms with Gasteiger partial charge in [0.05, 0.1) is 4.92 Å². The molecular weight excluding hydrogens is 359 g/mol. The predicted molar refractivity (Wildman–Crippen MR) is 92.0 cm³/mol. The number of aromatic nitrogens is 2. The fraction of sp³-hybridized carbons (Fsp3) is 0.0588. The molecule has 9 nitrogen and oxygen atoms in total. The number of rotatable bonds is 6. The van der Waals surface area contributed by atoms with Crippen LogP contribution in [0.15, 0.2) is 54.7 Å². The predicted octanol–water partition coefficient (Wildman–Crippen LogP) is 2.92. The number of anilines is 1. The minimum Gasteiger partial charge on any atom is -0.508 e. The van der Waals surface area contributed by atoms with Gasteiger partial charge in [-0.1, -0.05) is 6.07 Å². The summed E-state index contributed by atoms with van der Waals surface area (Å²) in [6.07, 6.45) is 1.43. The molecule has 10 heteroatoms. The third-order valence-corrected chi connectivity index (χ3v) is 3.45. The maximum absolute atomic E-state index is 13.3.